The van der Waals surface area contributed by atoms with E-state index in [2.05, 4.69) is 38.1 Å². The maximum absolute atomic E-state index is 12.9. The van der Waals surface area contributed by atoms with E-state index >= 15 is 0 Å². The van der Waals surface area contributed by atoms with E-state index in [9.17, 15) is 14.7 Å². The predicted molar refractivity (Wildman–Crippen MR) is 115 cm³/mol. The number of aliphatic hydroxyl groups is 1. The zero-order valence-electron chi connectivity index (χ0n) is 16.6. The van der Waals surface area contributed by atoms with Gasteiger partial charge in [0.1, 0.15) is 5.76 Å². The van der Waals surface area contributed by atoms with Gasteiger partial charge in [-0.1, -0.05) is 48.9 Å². The van der Waals surface area contributed by atoms with Crippen LogP contribution in [0, 0.1) is 18.8 Å². The van der Waals surface area contributed by atoms with Gasteiger partial charge in [-0.05, 0) is 43.4 Å². The molecule has 0 aliphatic heterocycles. The minimum Gasteiger partial charge on any atom is -0.512 e. The summed E-state index contributed by atoms with van der Waals surface area (Å²) in [6.45, 7) is 5.69. The fourth-order valence-electron chi connectivity index (χ4n) is 3.64. The van der Waals surface area contributed by atoms with Crippen LogP contribution in [0.4, 0.5) is 0 Å². The summed E-state index contributed by atoms with van der Waals surface area (Å²) in [4.78, 5) is 26.0. The van der Waals surface area contributed by atoms with Crippen LogP contribution in [0.25, 0.3) is 5.57 Å². The largest absolute Gasteiger partial charge is 0.512 e. The molecule has 1 N–H and O–H groups in total. The predicted octanol–water partition coefficient (Wildman–Crippen LogP) is 5.87. The highest BCUT2D eigenvalue weighted by atomic mass is 32.2. The van der Waals surface area contributed by atoms with Crippen LogP contribution in [0.3, 0.4) is 0 Å². The Hall–Kier alpha value is -2.33. The normalized spacial score (nSPS) is 18.2. The van der Waals surface area contributed by atoms with Crippen molar-refractivity contribution >= 4 is 28.9 Å². The molecule has 146 valence electrons. The summed E-state index contributed by atoms with van der Waals surface area (Å²) >= 11 is 1.78. The number of ketones is 2. The van der Waals surface area contributed by atoms with Crippen LogP contribution in [0.15, 0.2) is 59.2 Å². The van der Waals surface area contributed by atoms with Gasteiger partial charge in [-0.2, -0.15) is 0 Å². The molecule has 2 aromatic carbocycles. The van der Waals surface area contributed by atoms with E-state index in [1.165, 1.54) is 17.4 Å². The third kappa shape index (κ3) is 4.56. The van der Waals surface area contributed by atoms with Crippen molar-refractivity contribution in [2.24, 2.45) is 11.8 Å². The van der Waals surface area contributed by atoms with E-state index in [0.717, 1.165) is 5.75 Å². The van der Waals surface area contributed by atoms with Crippen LogP contribution in [-0.2, 0) is 4.79 Å². The Balaban J connectivity index is 1.74. The molecule has 2 atom stereocenters. The number of hydrogen-bond donors (Lipinski definition) is 1. The molecule has 0 bridgehead atoms. The molecule has 2 aromatic rings. The number of carbonyl (C=O) groups is 2. The van der Waals surface area contributed by atoms with Gasteiger partial charge in [-0.3, -0.25) is 9.59 Å². The second-order valence-corrected chi connectivity index (χ2v) is 8.71. The topological polar surface area (TPSA) is 54.4 Å². The summed E-state index contributed by atoms with van der Waals surface area (Å²) in [5, 5.41) is 10.7. The molecule has 0 fully saturated rings. The molecule has 0 saturated heterocycles. The molecule has 28 heavy (non-hydrogen) atoms. The van der Waals surface area contributed by atoms with Gasteiger partial charge >= 0.3 is 0 Å². The lowest BCUT2D eigenvalue weighted by Crippen LogP contribution is -2.25. The molecule has 3 nitrogen and oxygen atoms in total. The summed E-state index contributed by atoms with van der Waals surface area (Å²) in [5.74, 6) is 1.24. The summed E-state index contributed by atoms with van der Waals surface area (Å²) < 4.78 is 0. The molecule has 0 heterocycles. The van der Waals surface area contributed by atoms with Gasteiger partial charge in [0.15, 0.2) is 11.6 Å². The molecular formula is C24H26O3S. The fraction of sp³-hybridized carbons (Fsp3) is 0.333. The standard InChI is InChI=1S/C24H26O3S/c1-15-8-10-19(11-9-15)28-14-16(2)18-12-22(26)24(23(27)13-18)21-7-5-4-6-20(21)17(3)25/h4-11,16,18,26H,12-14H2,1-3H3. The number of thioether (sulfide) groups is 1. The fourth-order valence-corrected chi connectivity index (χ4v) is 4.69. The first kappa shape index (κ1) is 20.4. The Kier molecular flexibility index (Phi) is 6.40. The van der Waals surface area contributed by atoms with Crippen LogP contribution in [0.5, 0.6) is 0 Å². The molecule has 3 rings (SSSR count). The Labute approximate surface area is 170 Å². The average Bonchev–Trinajstić information content (AvgIpc) is 2.67. The number of hydrogen-bond acceptors (Lipinski definition) is 4. The van der Waals surface area contributed by atoms with Crippen molar-refractivity contribution in [3.8, 4) is 0 Å². The number of rotatable bonds is 6. The first-order valence-corrected chi connectivity index (χ1v) is 10.6. The summed E-state index contributed by atoms with van der Waals surface area (Å²) in [5.41, 5.74) is 2.60. The quantitative estimate of drug-likeness (QED) is 0.491. The van der Waals surface area contributed by atoms with Crippen LogP contribution in [-0.4, -0.2) is 22.4 Å². The number of carbonyl (C=O) groups excluding carboxylic acids is 2. The van der Waals surface area contributed by atoms with E-state index in [1.807, 2.05) is 0 Å². The Morgan fingerprint density at radius 1 is 1.14 bits per heavy atom. The Morgan fingerprint density at radius 3 is 2.46 bits per heavy atom. The van der Waals surface area contributed by atoms with Crippen molar-refractivity contribution in [3.05, 3.63) is 71.0 Å². The number of benzene rings is 2. The van der Waals surface area contributed by atoms with E-state index in [-0.39, 0.29) is 23.2 Å². The van der Waals surface area contributed by atoms with Crippen molar-refractivity contribution in [1.29, 1.82) is 0 Å². The molecule has 1 aliphatic carbocycles. The Morgan fingerprint density at radius 2 is 1.82 bits per heavy atom. The third-order valence-corrected chi connectivity index (χ3v) is 6.68. The van der Waals surface area contributed by atoms with Crippen LogP contribution < -0.4 is 0 Å². The number of Topliss-reactive ketones (excluding diaryl/α,β-unsaturated/α-hetero) is 2. The van der Waals surface area contributed by atoms with Gasteiger partial charge in [0.05, 0.1) is 5.57 Å². The molecule has 4 heteroatoms. The van der Waals surface area contributed by atoms with Crippen LogP contribution in [0.2, 0.25) is 0 Å². The highest BCUT2D eigenvalue weighted by Crippen LogP contribution is 2.38. The highest BCUT2D eigenvalue weighted by Gasteiger charge is 2.32. The minimum atomic E-state index is -0.103. The molecule has 2 unspecified atom stereocenters. The van der Waals surface area contributed by atoms with E-state index < -0.39 is 0 Å². The SMILES string of the molecule is CC(=O)c1ccccc1C1=C(O)CC(C(C)CSc2ccc(C)cc2)CC1=O. The van der Waals surface area contributed by atoms with E-state index in [4.69, 9.17) is 0 Å². The van der Waals surface area contributed by atoms with Crippen molar-refractivity contribution in [2.45, 2.75) is 38.5 Å². The monoisotopic (exact) mass is 394 g/mol. The average molecular weight is 395 g/mol. The van der Waals surface area contributed by atoms with Crippen LogP contribution in [0.1, 0.15) is 48.2 Å². The summed E-state index contributed by atoms with van der Waals surface area (Å²) in [6.07, 6.45) is 0.879. The van der Waals surface area contributed by atoms with Crippen molar-refractivity contribution in [2.75, 3.05) is 5.75 Å². The lowest BCUT2D eigenvalue weighted by atomic mass is 9.78. The lowest BCUT2D eigenvalue weighted by molar-refractivity contribution is -0.115. The van der Waals surface area contributed by atoms with Gasteiger partial charge in [0.2, 0.25) is 0 Å². The number of aliphatic hydroxyl groups excluding tert-OH is 1. The van der Waals surface area contributed by atoms with E-state index in [1.54, 1.807) is 36.0 Å². The summed E-state index contributed by atoms with van der Waals surface area (Å²) in [6, 6.07) is 15.5. The molecule has 0 saturated carbocycles. The second-order valence-electron chi connectivity index (χ2n) is 7.62. The molecule has 0 radical (unpaired) electrons. The smallest absolute Gasteiger partial charge is 0.167 e. The first-order chi connectivity index (χ1) is 13.4. The zero-order valence-corrected chi connectivity index (χ0v) is 17.4. The number of allylic oxidation sites excluding steroid dienone is 2. The molecule has 0 aromatic heterocycles. The van der Waals surface area contributed by atoms with Crippen molar-refractivity contribution < 1.29 is 14.7 Å². The van der Waals surface area contributed by atoms with Crippen LogP contribution >= 0.6 is 11.8 Å². The maximum atomic E-state index is 12.9. The highest BCUT2D eigenvalue weighted by molar-refractivity contribution is 7.99. The molecule has 1 aliphatic rings. The Bertz CT molecular complexity index is 912. The summed E-state index contributed by atoms with van der Waals surface area (Å²) in [7, 11) is 0. The van der Waals surface area contributed by atoms with Gasteiger partial charge in [-0.25, -0.2) is 0 Å². The van der Waals surface area contributed by atoms with Crippen molar-refractivity contribution in [1.82, 2.24) is 0 Å². The molecule has 0 spiro atoms. The second kappa shape index (κ2) is 8.78. The van der Waals surface area contributed by atoms with Crippen molar-refractivity contribution in [3.63, 3.8) is 0 Å². The minimum absolute atomic E-state index is 0.0744. The third-order valence-electron chi connectivity index (χ3n) is 5.38. The van der Waals surface area contributed by atoms with Gasteiger partial charge in [0.25, 0.3) is 0 Å². The lowest BCUT2D eigenvalue weighted by Gasteiger charge is -2.28. The van der Waals surface area contributed by atoms with Gasteiger partial charge < -0.3 is 5.11 Å². The zero-order chi connectivity index (χ0) is 20.3. The van der Waals surface area contributed by atoms with Gasteiger partial charge in [-0.15, -0.1) is 11.8 Å². The molecule has 0 amide bonds. The number of aryl methyl sites for hydroxylation is 1. The van der Waals surface area contributed by atoms with Gasteiger partial charge in [0, 0.05) is 29.1 Å². The molecular weight excluding hydrogens is 368 g/mol. The maximum Gasteiger partial charge on any atom is 0.167 e. The first-order valence-electron chi connectivity index (χ1n) is 9.62. The van der Waals surface area contributed by atoms with E-state index in [0.29, 0.717) is 35.5 Å².